The molecule has 4 heteroatoms. The van der Waals surface area contributed by atoms with Crippen LogP contribution in [0.15, 0.2) is 0 Å². The molecule has 0 aromatic carbocycles. The van der Waals surface area contributed by atoms with E-state index in [-0.39, 0.29) is 11.9 Å². The first kappa shape index (κ1) is 15.3. The van der Waals surface area contributed by atoms with Crippen LogP contribution in [0, 0.1) is 5.92 Å². The first-order chi connectivity index (χ1) is 8.08. The molecule has 17 heavy (non-hydrogen) atoms. The Morgan fingerprint density at radius 3 is 2.65 bits per heavy atom. The SMILES string of the molecule is CSC(CO)C(C)NC1CCOC(C(C)C)C1. The molecule has 0 aliphatic carbocycles. The molecule has 1 fully saturated rings. The highest BCUT2D eigenvalue weighted by Gasteiger charge is 2.27. The average Bonchev–Trinajstić information content (AvgIpc) is 2.30. The zero-order valence-electron chi connectivity index (χ0n) is 11.5. The van der Waals surface area contributed by atoms with Crippen molar-refractivity contribution in [2.45, 2.75) is 57.1 Å². The van der Waals surface area contributed by atoms with Gasteiger partial charge in [0, 0.05) is 23.9 Å². The van der Waals surface area contributed by atoms with Crippen LogP contribution in [-0.4, -0.2) is 48.0 Å². The van der Waals surface area contributed by atoms with E-state index in [1.165, 1.54) is 0 Å². The molecule has 1 heterocycles. The Balaban J connectivity index is 2.40. The third-order valence-corrected chi connectivity index (χ3v) is 4.76. The van der Waals surface area contributed by atoms with Crippen LogP contribution < -0.4 is 5.32 Å². The van der Waals surface area contributed by atoms with Crippen molar-refractivity contribution < 1.29 is 9.84 Å². The second-order valence-electron chi connectivity index (χ2n) is 5.29. The Morgan fingerprint density at radius 1 is 1.41 bits per heavy atom. The zero-order chi connectivity index (χ0) is 12.8. The molecule has 2 N–H and O–H groups in total. The number of hydrogen-bond donors (Lipinski definition) is 2. The maximum atomic E-state index is 9.28. The summed E-state index contributed by atoms with van der Waals surface area (Å²) in [4.78, 5) is 0. The molecule has 1 saturated heterocycles. The molecule has 0 aromatic rings. The Morgan fingerprint density at radius 2 is 2.12 bits per heavy atom. The molecule has 4 atom stereocenters. The van der Waals surface area contributed by atoms with Crippen LogP contribution in [0.4, 0.5) is 0 Å². The van der Waals surface area contributed by atoms with Crippen LogP contribution in [0.3, 0.4) is 0 Å². The number of aliphatic hydroxyl groups is 1. The molecule has 0 bridgehead atoms. The van der Waals surface area contributed by atoms with E-state index in [4.69, 9.17) is 4.74 Å². The van der Waals surface area contributed by atoms with Gasteiger partial charge in [-0.25, -0.2) is 0 Å². The molecule has 1 aliphatic rings. The first-order valence-electron chi connectivity index (χ1n) is 6.59. The largest absolute Gasteiger partial charge is 0.395 e. The van der Waals surface area contributed by atoms with Crippen LogP contribution in [0.5, 0.6) is 0 Å². The minimum absolute atomic E-state index is 0.242. The Kier molecular flexibility index (Phi) is 6.85. The zero-order valence-corrected chi connectivity index (χ0v) is 12.3. The molecule has 102 valence electrons. The molecular formula is C13H27NO2S. The summed E-state index contributed by atoms with van der Waals surface area (Å²) in [5.74, 6) is 0.587. The second-order valence-corrected chi connectivity index (χ2v) is 6.36. The van der Waals surface area contributed by atoms with Crippen molar-refractivity contribution in [2.24, 2.45) is 5.92 Å². The number of thioether (sulfide) groups is 1. The summed E-state index contributed by atoms with van der Waals surface area (Å²) in [6.07, 6.45) is 4.62. The van der Waals surface area contributed by atoms with Gasteiger partial charge in [-0.3, -0.25) is 0 Å². The van der Waals surface area contributed by atoms with Crippen LogP contribution in [0.25, 0.3) is 0 Å². The van der Waals surface area contributed by atoms with Gasteiger partial charge in [0.05, 0.1) is 12.7 Å². The Hall–Kier alpha value is 0.230. The highest BCUT2D eigenvalue weighted by atomic mass is 32.2. The predicted molar refractivity (Wildman–Crippen MR) is 74.6 cm³/mol. The van der Waals surface area contributed by atoms with Gasteiger partial charge < -0.3 is 15.2 Å². The fourth-order valence-corrected chi connectivity index (χ4v) is 3.00. The molecule has 0 spiro atoms. The second kappa shape index (κ2) is 7.62. The van der Waals surface area contributed by atoms with E-state index in [1.54, 1.807) is 11.8 Å². The van der Waals surface area contributed by atoms with Crippen molar-refractivity contribution in [3.8, 4) is 0 Å². The van der Waals surface area contributed by atoms with Gasteiger partial charge in [0.25, 0.3) is 0 Å². The molecular weight excluding hydrogens is 234 g/mol. The maximum absolute atomic E-state index is 9.28. The predicted octanol–water partition coefficient (Wildman–Crippen LogP) is 1.89. The highest BCUT2D eigenvalue weighted by molar-refractivity contribution is 7.99. The van der Waals surface area contributed by atoms with Gasteiger partial charge in [-0.1, -0.05) is 13.8 Å². The molecule has 4 unspecified atom stereocenters. The third kappa shape index (κ3) is 4.78. The third-order valence-electron chi connectivity index (χ3n) is 3.60. The van der Waals surface area contributed by atoms with Crippen molar-refractivity contribution in [1.29, 1.82) is 0 Å². The van der Waals surface area contributed by atoms with Gasteiger partial charge in [-0.2, -0.15) is 11.8 Å². The number of hydrogen-bond acceptors (Lipinski definition) is 4. The van der Waals surface area contributed by atoms with Crippen molar-refractivity contribution >= 4 is 11.8 Å². The van der Waals surface area contributed by atoms with Gasteiger partial charge >= 0.3 is 0 Å². The molecule has 0 amide bonds. The van der Waals surface area contributed by atoms with Gasteiger partial charge in [0.2, 0.25) is 0 Å². The molecule has 0 aromatic heterocycles. The number of rotatable bonds is 6. The number of aliphatic hydroxyl groups excluding tert-OH is 1. The lowest BCUT2D eigenvalue weighted by Crippen LogP contribution is -2.48. The van der Waals surface area contributed by atoms with Crippen LogP contribution in [0.2, 0.25) is 0 Å². The summed E-state index contributed by atoms with van der Waals surface area (Å²) in [5, 5.41) is 13.2. The lowest BCUT2D eigenvalue weighted by atomic mass is 9.95. The molecule has 3 nitrogen and oxygen atoms in total. The standard InChI is InChI=1S/C13H27NO2S/c1-9(2)12-7-11(5-6-16-12)14-10(3)13(8-15)17-4/h9-15H,5-8H2,1-4H3. The molecule has 1 aliphatic heterocycles. The van der Waals surface area contributed by atoms with E-state index in [0.717, 1.165) is 19.4 Å². The Bertz CT molecular complexity index is 210. The fourth-order valence-electron chi connectivity index (χ4n) is 2.36. The maximum Gasteiger partial charge on any atom is 0.0612 e. The van der Waals surface area contributed by atoms with E-state index < -0.39 is 0 Å². The van der Waals surface area contributed by atoms with E-state index >= 15 is 0 Å². The average molecular weight is 261 g/mol. The quantitative estimate of drug-likeness (QED) is 0.766. The summed E-state index contributed by atoms with van der Waals surface area (Å²) in [7, 11) is 0. The van der Waals surface area contributed by atoms with Crippen molar-refractivity contribution in [2.75, 3.05) is 19.5 Å². The Labute approximate surface area is 110 Å². The van der Waals surface area contributed by atoms with Crippen LogP contribution in [0.1, 0.15) is 33.6 Å². The van der Waals surface area contributed by atoms with Gasteiger partial charge in [-0.15, -0.1) is 0 Å². The molecule has 1 rings (SSSR count). The summed E-state index contributed by atoms with van der Waals surface area (Å²) < 4.78 is 5.77. The summed E-state index contributed by atoms with van der Waals surface area (Å²) >= 11 is 1.73. The summed E-state index contributed by atoms with van der Waals surface area (Å²) in [5.41, 5.74) is 0. The monoisotopic (exact) mass is 261 g/mol. The van der Waals surface area contributed by atoms with E-state index in [9.17, 15) is 5.11 Å². The fraction of sp³-hybridized carbons (Fsp3) is 1.00. The van der Waals surface area contributed by atoms with Crippen molar-refractivity contribution in [3.63, 3.8) is 0 Å². The lowest BCUT2D eigenvalue weighted by molar-refractivity contribution is -0.0258. The van der Waals surface area contributed by atoms with Gasteiger partial charge in [0.15, 0.2) is 0 Å². The highest BCUT2D eigenvalue weighted by Crippen LogP contribution is 2.21. The van der Waals surface area contributed by atoms with E-state index in [1.807, 2.05) is 0 Å². The summed E-state index contributed by atoms with van der Waals surface area (Å²) in [6.45, 7) is 7.70. The van der Waals surface area contributed by atoms with Crippen molar-refractivity contribution in [1.82, 2.24) is 5.32 Å². The van der Waals surface area contributed by atoms with E-state index in [0.29, 0.717) is 24.1 Å². The topological polar surface area (TPSA) is 41.5 Å². The van der Waals surface area contributed by atoms with Gasteiger partial charge in [-0.05, 0) is 31.9 Å². The van der Waals surface area contributed by atoms with E-state index in [2.05, 4.69) is 32.3 Å². The number of ether oxygens (including phenoxy) is 1. The summed E-state index contributed by atoms with van der Waals surface area (Å²) in [6, 6.07) is 0.887. The normalized spacial score (nSPS) is 29.3. The number of nitrogens with one attached hydrogen (secondary N) is 1. The minimum Gasteiger partial charge on any atom is -0.395 e. The smallest absolute Gasteiger partial charge is 0.0612 e. The molecule has 0 radical (unpaired) electrons. The van der Waals surface area contributed by atoms with Crippen LogP contribution in [-0.2, 0) is 4.74 Å². The van der Waals surface area contributed by atoms with Crippen LogP contribution >= 0.6 is 11.8 Å². The molecule has 0 saturated carbocycles. The van der Waals surface area contributed by atoms with Crippen molar-refractivity contribution in [3.05, 3.63) is 0 Å². The van der Waals surface area contributed by atoms with Gasteiger partial charge in [0.1, 0.15) is 0 Å². The minimum atomic E-state index is 0.242. The first-order valence-corrected chi connectivity index (χ1v) is 7.88. The lowest BCUT2D eigenvalue weighted by Gasteiger charge is -2.35.